The molecule has 1 aromatic carbocycles. The molecule has 4 nitrogen and oxygen atoms in total. The zero-order chi connectivity index (χ0) is 16.2. The van der Waals surface area contributed by atoms with Gasteiger partial charge in [-0.3, -0.25) is 4.79 Å². The smallest absolute Gasteiger partial charge is 0.303 e. The van der Waals surface area contributed by atoms with Crippen molar-refractivity contribution in [3.8, 4) is 0 Å². The molecule has 0 unspecified atom stereocenters. The normalized spacial score (nSPS) is 16.0. The van der Waals surface area contributed by atoms with Gasteiger partial charge in [-0.05, 0) is 62.5 Å². The molecule has 23 heavy (non-hydrogen) atoms. The molecule has 1 fully saturated rings. The van der Waals surface area contributed by atoms with Crippen molar-refractivity contribution in [3.05, 3.63) is 35.5 Å². The van der Waals surface area contributed by atoms with Crippen LogP contribution in [0.3, 0.4) is 0 Å². The number of benzene rings is 1. The second kappa shape index (κ2) is 7.18. The Balaban J connectivity index is 1.72. The molecular weight excluding hydrogens is 288 g/mol. The summed E-state index contributed by atoms with van der Waals surface area (Å²) in [5.41, 5.74) is 3.64. The van der Waals surface area contributed by atoms with Crippen molar-refractivity contribution in [2.45, 2.75) is 45.6 Å². The number of aryl methyl sites for hydroxylation is 2. The van der Waals surface area contributed by atoms with Gasteiger partial charge in [-0.15, -0.1) is 0 Å². The first-order valence-corrected chi connectivity index (χ1v) is 8.66. The number of carboxylic acids is 1. The number of carboxylic acid groups (broad SMARTS) is 1. The van der Waals surface area contributed by atoms with E-state index >= 15 is 0 Å². The number of hydrogen-bond donors (Lipinski definition) is 1. The van der Waals surface area contributed by atoms with Crippen LogP contribution in [0.5, 0.6) is 0 Å². The van der Waals surface area contributed by atoms with E-state index in [1.807, 2.05) is 0 Å². The first-order valence-electron chi connectivity index (χ1n) is 8.66. The predicted molar refractivity (Wildman–Crippen MR) is 92.9 cm³/mol. The average Bonchev–Trinajstić information content (AvgIpc) is 2.88. The minimum absolute atomic E-state index is 0.195. The highest BCUT2D eigenvalue weighted by Gasteiger charge is 2.12. The van der Waals surface area contributed by atoms with E-state index in [4.69, 9.17) is 5.11 Å². The van der Waals surface area contributed by atoms with Crippen LogP contribution in [0.1, 0.15) is 36.8 Å². The summed E-state index contributed by atoms with van der Waals surface area (Å²) >= 11 is 0. The molecule has 0 bridgehead atoms. The number of aromatic nitrogens is 1. The maximum absolute atomic E-state index is 10.7. The van der Waals surface area contributed by atoms with Gasteiger partial charge in [-0.1, -0.05) is 12.5 Å². The molecule has 0 saturated carbocycles. The molecule has 0 spiro atoms. The largest absolute Gasteiger partial charge is 0.481 e. The zero-order valence-corrected chi connectivity index (χ0v) is 13.9. The number of rotatable bonds is 6. The molecule has 1 aliphatic heterocycles. The lowest BCUT2D eigenvalue weighted by Crippen LogP contribution is -2.32. The summed E-state index contributed by atoms with van der Waals surface area (Å²) in [6.07, 6.45) is 7.07. The molecule has 4 heteroatoms. The van der Waals surface area contributed by atoms with Gasteiger partial charge < -0.3 is 14.6 Å². The van der Waals surface area contributed by atoms with Crippen LogP contribution in [0.25, 0.3) is 10.9 Å². The van der Waals surface area contributed by atoms with Crippen LogP contribution in [0.4, 0.5) is 0 Å². The fraction of sp³-hybridized carbons (Fsp3) is 0.526. The van der Waals surface area contributed by atoms with Gasteiger partial charge in [-0.25, -0.2) is 0 Å². The van der Waals surface area contributed by atoms with Crippen LogP contribution in [-0.4, -0.2) is 40.2 Å². The Morgan fingerprint density at radius 2 is 1.96 bits per heavy atom. The van der Waals surface area contributed by atoms with Crippen molar-refractivity contribution in [2.75, 3.05) is 19.6 Å². The Hall–Kier alpha value is -1.81. The minimum Gasteiger partial charge on any atom is -0.481 e. The maximum atomic E-state index is 10.7. The van der Waals surface area contributed by atoms with Crippen molar-refractivity contribution in [1.29, 1.82) is 0 Å². The third-order valence-electron chi connectivity index (χ3n) is 4.88. The van der Waals surface area contributed by atoms with Gasteiger partial charge in [0.25, 0.3) is 0 Å². The fourth-order valence-electron chi connectivity index (χ4n) is 3.55. The lowest BCUT2D eigenvalue weighted by atomic mass is 10.1. The highest BCUT2D eigenvalue weighted by atomic mass is 16.4. The van der Waals surface area contributed by atoms with Gasteiger partial charge in [0.05, 0.1) is 0 Å². The molecule has 124 valence electrons. The molecule has 2 aromatic rings. The lowest BCUT2D eigenvalue weighted by molar-refractivity contribution is -0.136. The van der Waals surface area contributed by atoms with E-state index in [1.165, 1.54) is 48.8 Å². The monoisotopic (exact) mass is 314 g/mol. The third kappa shape index (κ3) is 3.94. The first kappa shape index (κ1) is 16.1. The number of likely N-dealkylation sites (tertiary alicyclic amines) is 1. The molecule has 0 aliphatic carbocycles. The highest BCUT2D eigenvalue weighted by Crippen LogP contribution is 2.23. The van der Waals surface area contributed by atoms with Crippen LogP contribution in [0.15, 0.2) is 24.4 Å². The summed E-state index contributed by atoms with van der Waals surface area (Å²) in [7, 11) is 0. The molecule has 0 radical (unpaired) electrons. The van der Waals surface area contributed by atoms with Crippen molar-refractivity contribution in [2.24, 2.45) is 0 Å². The minimum atomic E-state index is -0.735. The van der Waals surface area contributed by atoms with Crippen molar-refractivity contribution in [1.82, 2.24) is 9.47 Å². The number of fused-ring (bicyclic) bond motifs is 1. The number of carbonyl (C=O) groups is 1. The van der Waals surface area contributed by atoms with Gasteiger partial charge in [0, 0.05) is 36.6 Å². The van der Waals surface area contributed by atoms with Gasteiger partial charge in [0.2, 0.25) is 0 Å². The van der Waals surface area contributed by atoms with Gasteiger partial charge in [0.1, 0.15) is 0 Å². The summed E-state index contributed by atoms with van der Waals surface area (Å²) in [4.78, 5) is 13.3. The maximum Gasteiger partial charge on any atom is 0.303 e. The quantitative estimate of drug-likeness (QED) is 0.888. The van der Waals surface area contributed by atoms with Gasteiger partial charge >= 0.3 is 5.97 Å². The van der Waals surface area contributed by atoms with E-state index < -0.39 is 5.97 Å². The van der Waals surface area contributed by atoms with Crippen molar-refractivity contribution < 1.29 is 9.90 Å². The van der Waals surface area contributed by atoms with E-state index in [-0.39, 0.29) is 6.42 Å². The number of hydrogen-bond acceptors (Lipinski definition) is 2. The average molecular weight is 314 g/mol. The molecule has 0 amide bonds. The Kier molecular flexibility index (Phi) is 5.01. The molecule has 3 rings (SSSR count). The van der Waals surface area contributed by atoms with Crippen LogP contribution in [-0.2, 0) is 17.8 Å². The number of piperidine rings is 1. The molecule has 1 N–H and O–H groups in total. The summed E-state index contributed by atoms with van der Waals surface area (Å²) < 4.78 is 2.35. The molecule has 1 saturated heterocycles. The first-order chi connectivity index (χ1) is 11.1. The summed E-state index contributed by atoms with van der Waals surface area (Å²) in [6, 6.07) is 6.38. The fourth-order valence-corrected chi connectivity index (χ4v) is 3.55. The third-order valence-corrected chi connectivity index (χ3v) is 4.88. The Labute approximate surface area is 137 Å². The standard InChI is InChI=1S/C19H26N2O2/c1-15-14-21(12-11-20-9-3-2-4-10-20)18-7-5-16(13-17(15)18)6-8-19(22)23/h5,7,13-14H,2-4,6,8-12H2,1H3,(H,22,23). The topological polar surface area (TPSA) is 45.5 Å². The van der Waals surface area contributed by atoms with Crippen LogP contribution < -0.4 is 0 Å². The summed E-state index contributed by atoms with van der Waals surface area (Å²) in [5.74, 6) is -0.735. The van der Waals surface area contributed by atoms with Crippen molar-refractivity contribution in [3.63, 3.8) is 0 Å². The van der Waals surface area contributed by atoms with Crippen LogP contribution >= 0.6 is 0 Å². The van der Waals surface area contributed by atoms with E-state index in [9.17, 15) is 4.79 Å². The van der Waals surface area contributed by atoms with Crippen molar-refractivity contribution >= 4 is 16.9 Å². The van der Waals surface area contributed by atoms with E-state index in [2.05, 4.69) is 40.8 Å². The van der Waals surface area contributed by atoms with E-state index in [0.717, 1.165) is 18.7 Å². The Morgan fingerprint density at radius 3 is 2.70 bits per heavy atom. The second-order valence-corrected chi connectivity index (χ2v) is 6.65. The van der Waals surface area contributed by atoms with E-state index in [1.54, 1.807) is 0 Å². The summed E-state index contributed by atoms with van der Waals surface area (Å²) in [5, 5.41) is 10.1. The van der Waals surface area contributed by atoms with Crippen LogP contribution in [0.2, 0.25) is 0 Å². The molecule has 2 heterocycles. The Bertz CT molecular complexity index is 684. The molecule has 1 aliphatic rings. The number of nitrogens with zero attached hydrogens (tertiary/aromatic N) is 2. The molecule has 0 atom stereocenters. The molecular formula is C19H26N2O2. The van der Waals surface area contributed by atoms with Gasteiger partial charge in [-0.2, -0.15) is 0 Å². The lowest BCUT2D eigenvalue weighted by Gasteiger charge is -2.26. The predicted octanol–water partition coefficient (Wildman–Crippen LogP) is 3.45. The second-order valence-electron chi connectivity index (χ2n) is 6.65. The Morgan fingerprint density at radius 1 is 1.17 bits per heavy atom. The van der Waals surface area contributed by atoms with Crippen LogP contribution in [0, 0.1) is 6.92 Å². The summed E-state index contributed by atoms with van der Waals surface area (Å²) in [6.45, 7) is 6.75. The zero-order valence-electron chi connectivity index (χ0n) is 13.9. The number of aliphatic carboxylic acids is 1. The van der Waals surface area contributed by atoms with Gasteiger partial charge in [0.15, 0.2) is 0 Å². The highest BCUT2D eigenvalue weighted by molar-refractivity contribution is 5.84. The van der Waals surface area contributed by atoms with E-state index in [0.29, 0.717) is 6.42 Å². The SMILES string of the molecule is Cc1cn(CCN2CCCCC2)c2ccc(CCC(=O)O)cc12. The molecule has 1 aromatic heterocycles.